The van der Waals surface area contributed by atoms with Gasteiger partial charge in [0.1, 0.15) is 0 Å². The lowest BCUT2D eigenvalue weighted by molar-refractivity contribution is 0.456. The monoisotopic (exact) mass is 287 g/mol. The van der Waals surface area contributed by atoms with Crippen molar-refractivity contribution in [2.75, 3.05) is 0 Å². The lowest BCUT2D eigenvalue weighted by Crippen LogP contribution is -2.23. The largest absolute Gasteiger partial charge is 0.308 e. The second kappa shape index (κ2) is 3.86. The molecule has 4 unspecified atom stereocenters. The number of hydrogen-bond acceptors (Lipinski definition) is 3. The highest BCUT2D eigenvalue weighted by molar-refractivity contribution is 7.17. The highest BCUT2D eigenvalue weighted by Gasteiger charge is 2.64. The maximum Gasteiger partial charge on any atom is 0.194 e. The van der Waals surface area contributed by atoms with Crippen LogP contribution in [0.2, 0.25) is 0 Å². The molecule has 106 valence electrons. The van der Waals surface area contributed by atoms with E-state index < -0.39 is 0 Å². The minimum atomic E-state index is 0.811. The van der Waals surface area contributed by atoms with Crippen LogP contribution in [-0.4, -0.2) is 15.4 Å². The summed E-state index contributed by atoms with van der Waals surface area (Å²) in [5.41, 5.74) is 2.55. The van der Waals surface area contributed by atoms with Crippen LogP contribution in [0.3, 0.4) is 0 Å². The van der Waals surface area contributed by atoms with Crippen LogP contribution in [0.5, 0.6) is 0 Å². The predicted molar refractivity (Wildman–Crippen MR) is 81.0 cm³/mol. The molecule has 0 aromatic carbocycles. The highest BCUT2D eigenvalue weighted by atomic mass is 32.1. The van der Waals surface area contributed by atoms with Gasteiger partial charge in [0, 0.05) is 23.7 Å². The Balaban J connectivity index is 1.35. The third-order valence-corrected chi connectivity index (χ3v) is 6.88. The summed E-state index contributed by atoms with van der Waals surface area (Å²) in [7, 11) is 0. The number of thiazole rings is 1. The van der Waals surface area contributed by atoms with E-state index in [-0.39, 0.29) is 0 Å². The second-order valence-electron chi connectivity index (χ2n) is 7.03. The van der Waals surface area contributed by atoms with Gasteiger partial charge in [0.2, 0.25) is 0 Å². The fourth-order valence-electron chi connectivity index (χ4n) is 5.13. The first-order chi connectivity index (χ1) is 9.72. The van der Waals surface area contributed by atoms with Crippen molar-refractivity contribution < 1.29 is 0 Å². The molecular weight excluding hydrogens is 266 g/mol. The van der Waals surface area contributed by atoms with Gasteiger partial charge in [-0.05, 0) is 56.8 Å². The van der Waals surface area contributed by atoms with E-state index in [0.29, 0.717) is 0 Å². The fourth-order valence-corrected chi connectivity index (χ4v) is 6.02. The Bertz CT molecular complexity index is 669. The molecule has 0 spiro atoms. The van der Waals surface area contributed by atoms with E-state index in [4.69, 9.17) is 0 Å². The zero-order valence-corrected chi connectivity index (χ0v) is 12.9. The van der Waals surface area contributed by atoms with Crippen LogP contribution >= 0.6 is 11.3 Å². The maximum atomic E-state index is 4.69. The average molecular weight is 287 g/mol. The summed E-state index contributed by atoms with van der Waals surface area (Å²) in [6.45, 7) is 5.29. The Labute approximate surface area is 123 Å². The van der Waals surface area contributed by atoms with Crippen molar-refractivity contribution >= 4 is 16.3 Å². The number of nitrogens with one attached hydrogen (secondary N) is 1. The molecule has 2 aromatic rings. The van der Waals surface area contributed by atoms with Crippen molar-refractivity contribution in [3.63, 3.8) is 0 Å². The second-order valence-corrected chi connectivity index (χ2v) is 8.25. The Morgan fingerprint density at radius 2 is 2.05 bits per heavy atom. The summed E-state index contributed by atoms with van der Waals surface area (Å²) in [6.07, 6.45) is 6.77. The molecule has 3 saturated carbocycles. The SMILES string of the molecule is Cc1cn2c(CNC3C4C5CCC(C5)C34)c(C)nc2s1. The molecule has 2 aromatic heterocycles. The van der Waals surface area contributed by atoms with Crippen molar-refractivity contribution in [1.29, 1.82) is 0 Å². The molecule has 4 atom stereocenters. The van der Waals surface area contributed by atoms with Crippen molar-refractivity contribution in [3.05, 3.63) is 22.5 Å². The van der Waals surface area contributed by atoms with Crippen molar-refractivity contribution in [2.45, 2.75) is 45.7 Å². The third kappa shape index (κ3) is 1.47. The molecule has 3 aliphatic carbocycles. The first-order valence-electron chi connectivity index (χ1n) is 7.89. The van der Waals surface area contributed by atoms with E-state index in [0.717, 1.165) is 41.2 Å². The molecule has 5 rings (SSSR count). The third-order valence-electron chi connectivity index (χ3n) is 5.98. The van der Waals surface area contributed by atoms with Gasteiger partial charge >= 0.3 is 0 Å². The topological polar surface area (TPSA) is 29.3 Å². The van der Waals surface area contributed by atoms with Crippen LogP contribution in [0.25, 0.3) is 4.96 Å². The van der Waals surface area contributed by atoms with Gasteiger partial charge in [0.05, 0.1) is 11.4 Å². The number of rotatable bonds is 3. The molecule has 0 amide bonds. The van der Waals surface area contributed by atoms with Gasteiger partial charge in [0.15, 0.2) is 4.96 Å². The smallest absolute Gasteiger partial charge is 0.194 e. The summed E-state index contributed by atoms with van der Waals surface area (Å²) in [5.74, 6) is 4.14. The van der Waals surface area contributed by atoms with Crippen molar-refractivity contribution in [2.24, 2.45) is 23.7 Å². The summed E-state index contributed by atoms with van der Waals surface area (Å²) in [6, 6.07) is 0.811. The molecule has 0 aliphatic heterocycles. The molecule has 20 heavy (non-hydrogen) atoms. The van der Waals surface area contributed by atoms with Crippen LogP contribution in [0.4, 0.5) is 0 Å². The molecular formula is C16H21N3S. The van der Waals surface area contributed by atoms with Crippen LogP contribution in [-0.2, 0) is 6.54 Å². The Morgan fingerprint density at radius 1 is 1.30 bits per heavy atom. The number of fused-ring (bicyclic) bond motifs is 6. The zero-order valence-electron chi connectivity index (χ0n) is 12.1. The number of aryl methyl sites for hydroxylation is 2. The first-order valence-corrected chi connectivity index (χ1v) is 8.71. The zero-order chi connectivity index (χ0) is 13.4. The van der Waals surface area contributed by atoms with Gasteiger partial charge < -0.3 is 5.32 Å². The molecule has 0 radical (unpaired) electrons. The molecule has 2 heterocycles. The summed E-state index contributed by atoms with van der Waals surface area (Å²) in [4.78, 5) is 7.18. The quantitative estimate of drug-likeness (QED) is 0.939. The Hall–Kier alpha value is -0.870. The molecule has 2 bridgehead atoms. The van der Waals surface area contributed by atoms with Gasteiger partial charge in [-0.25, -0.2) is 4.98 Å². The van der Waals surface area contributed by atoms with E-state index in [9.17, 15) is 0 Å². The molecule has 1 N–H and O–H groups in total. The van der Waals surface area contributed by atoms with Gasteiger partial charge in [-0.2, -0.15) is 0 Å². The molecule has 4 heteroatoms. The summed E-state index contributed by atoms with van der Waals surface area (Å²) >= 11 is 1.79. The van der Waals surface area contributed by atoms with Gasteiger partial charge in [-0.15, -0.1) is 11.3 Å². The number of aromatic nitrogens is 2. The van der Waals surface area contributed by atoms with Gasteiger partial charge in [-0.1, -0.05) is 0 Å². The molecule has 3 nitrogen and oxygen atoms in total. The first kappa shape index (κ1) is 11.8. The highest BCUT2D eigenvalue weighted by Crippen LogP contribution is 2.65. The van der Waals surface area contributed by atoms with E-state index in [2.05, 4.69) is 34.7 Å². The lowest BCUT2D eigenvalue weighted by Gasteiger charge is -2.10. The summed E-state index contributed by atoms with van der Waals surface area (Å²) in [5, 5.41) is 3.85. The number of imidazole rings is 1. The minimum Gasteiger partial charge on any atom is -0.308 e. The molecule has 3 aliphatic rings. The minimum absolute atomic E-state index is 0.811. The van der Waals surface area contributed by atoms with Crippen molar-refractivity contribution in [3.8, 4) is 0 Å². The maximum absolute atomic E-state index is 4.69. The fraction of sp³-hybridized carbons (Fsp3) is 0.688. The van der Waals surface area contributed by atoms with E-state index >= 15 is 0 Å². The normalized spacial score (nSPS) is 37.8. The number of hydrogen-bond donors (Lipinski definition) is 1. The van der Waals surface area contributed by atoms with Crippen LogP contribution in [0, 0.1) is 37.5 Å². The van der Waals surface area contributed by atoms with Crippen molar-refractivity contribution in [1.82, 2.24) is 14.7 Å². The van der Waals surface area contributed by atoms with Crippen LogP contribution < -0.4 is 5.32 Å². The summed E-state index contributed by atoms with van der Waals surface area (Å²) < 4.78 is 2.29. The Kier molecular flexibility index (Phi) is 2.27. The van der Waals surface area contributed by atoms with Crippen LogP contribution in [0.15, 0.2) is 6.20 Å². The average Bonchev–Trinajstić information content (AvgIpc) is 2.80. The van der Waals surface area contributed by atoms with E-state index in [1.807, 2.05) is 0 Å². The molecule has 0 saturated heterocycles. The van der Waals surface area contributed by atoms with E-state index in [1.54, 1.807) is 11.3 Å². The van der Waals surface area contributed by atoms with Gasteiger partial charge in [-0.3, -0.25) is 4.40 Å². The lowest BCUT2D eigenvalue weighted by atomic mass is 10.0. The predicted octanol–water partition coefficient (Wildman–Crippen LogP) is 3.15. The van der Waals surface area contributed by atoms with Gasteiger partial charge in [0.25, 0.3) is 0 Å². The van der Waals surface area contributed by atoms with E-state index in [1.165, 1.54) is 35.5 Å². The Morgan fingerprint density at radius 3 is 2.80 bits per heavy atom. The molecule has 3 fully saturated rings. The standard InChI is InChI=1S/C16H21N3S/c1-8-7-19-12(9(2)18-16(19)20-8)6-17-15-13-10-3-4-11(5-10)14(13)15/h7,10-11,13-15,17H,3-6H2,1-2H3. The van der Waals surface area contributed by atoms with Crippen LogP contribution in [0.1, 0.15) is 35.5 Å². The number of nitrogens with zero attached hydrogens (tertiary/aromatic N) is 2.